The summed E-state index contributed by atoms with van der Waals surface area (Å²) >= 11 is 0. The van der Waals surface area contributed by atoms with Gasteiger partial charge >= 0.3 is 11.9 Å². The van der Waals surface area contributed by atoms with E-state index in [0.717, 1.165) is 23.6 Å². The van der Waals surface area contributed by atoms with E-state index in [9.17, 15) is 9.59 Å². The maximum Gasteiger partial charge on any atom is 0.348 e. The summed E-state index contributed by atoms with van der Waals surface area (Å²) < 4.78 is 16.7. The van der Waals surface area contributed by atoms with Crippen LogP contribution in [0, 0.1) is 0 Å². The van der Waals surface area contributed by atoms with Gasteiger partial charge in [0.25, 0.3) is 5.79 Å². The number of hydrogen-bond donors (Lipinski definition) is 0. The Balaban J connectivity index is 1.79. The number of ether oxygens (including phenoxy) is 3. The van der Waals surface area contributed by atoms with Crippen molar-refractivity contribution in [2.75, 3.05) is 6.61 Å². The van der Waals surface area contributed by atoms with E-state index >= 15 is 0 Å². The van der Waals surface area contributed by atoms with Crippen LogP contribution in [-0.4, -0.2) is 24.3 Å². The van der Waals surface area contributed by atoms with Crippen LogP contribution in [0.1, 0.15) is 38.2 Å². The summed E-state index contributed by atoms with van der Waals surface area (Å²) in [6.45, 7) is 2.37. The molecule has 0 bridgehead atoms. The number of carbonyl (C=O) groups excluding carboxylic acids is 2. The van der Waals surface area contributed by atoms with Crippen LogP contribution in [0.15, 0.2) is 42.0 Å². The first kappa shape index (κ1) is 16.6. The van der Waals surface area contributed by atoms with Crippen molar-refractivity contribution in [3.63, 3.8) is 0 Å². The zero-order chi connectivity index (χ0) is 18.1. The molecule has 5 nitrogen and oxygen atoms in total. The minimum atomic E-state index is -1.06. The van der Waals surface area contributed by atoms with Gasteiger partial charge in [-0.1, -0.05) is 30.3 Å². The van der Waals surface area contributed by atoms with Gasteiger partial charge in [0.05, 0.1) is 6.61 Å². The molecule has 0 radical (unpaired) electrons. The van der Waals surface area contributed by atoms with Gasteiger partial charge in [0.2, 0.25) is 0 Å². The fourth-order valence-corrected chi connectivity index (χ4v) is 3.64. The van der Waals surface area contributed by atoms with Gasteiger partial charge in [-0.3, -0.25) is 0 Å². The average molecular weight is 352 g/mol. The molecule has 4 rings (SSSR count). The largest absolute Gasteiger partial charge is 0.493 e. The van der Waals surface area contributed by atoms with Crippen LogP contribution in [0.5, 0.6) is 5.75 Å². The van der Waals surface area contributed by atoms with E-state index in [1.165, 1.54) is 6.08 Å². The van der Waals surface area contributed by atoms with Crippen LogP contribution >= 0.6 is 0 Å². The highest BCUT2D eigenvalue weighted by Gasteiger charge is 2.48. The topological polar surface area (TPSA) is 61.8 Å². The zero-order valence-corrected chi connectivity index (χ0v) is 14.6. The van der Waals surface area contributed by atoms with E-state index in [1.54, 1.807) is 0 Å². The predicted molar refractivity (Wildman–Crippen MR) is 96.5 cm³/mol. The van der Waals surface area contributed by atoms with Crippen molar-refractivity contribution in [1.82, 2.24) is 0 Å². The van der Waals surface area contributed by atoms with Gasteiger partial charge in [0.1, 0.15) is 11.3 Å². The first-order chi connectivity index (χ1) is 12.6. The third-order valence-electron chi connectivity index (χ3n) is 4.88. The molecule has 1 aliphatic heterocycles. The van der Waals surface area contributed by atoms with Crippen molar-refractivity contribution in [2.45, 2.75) is 38.4 Å². The number of fused-ring (bicyclic) bond motifs is 1. The molecule has 134 valence electrons. The SMILES string of the molecule is CCOc1ccc2ccccc2c1C=C1C(=O)OC2(CCCC2)OC1=O. The number of rotatable bonds is 3. The van der Waals surface area contributed by atoms with Crippen molar-refractivity contribution in [2.24, 2.45) is 0 Å². The minimum Gasteiger partial charge on any atom is -0.493 e. The average Bonchev–Trinajstić information content (AvgIpc) is 3.07. The van der Waals surface area contributed by atoms with Crippen LogP contribution in [-0.2, 0) is 19.1 Å². The highest BCUT2D eigenvalue weighted by atomic mass is 16.7. The summed E-state index contributed by atoms with van der Waals surface area (Å²) in [5.74, 6) is -1.70. The Hall–Kier alpha value is -2.82. The van der Waals surface area contributed by atoms with Crippen molar-refractivity contribution < 1.29 is 23.8 Å². The molecule has 0 unspecified atom stereocenters. The third kappa shape index (κ3) is 2.83. The summed E-state index contributed by atoms with van der Waals surface area (Å²) in [4.78, 5) is 25.1. The summed E-state index contributed by atoms with van der Waals surface area (Å²) in [5.41, 5.74) is 0.580. The Kier molecular flexibility index (Phi) is 4.15. The first-order valence-corrected chi connectivity index (χ1v) is 8.95. The fraction of sp³-hybridized carbons (Fsp3) is 0.333. The third-order valence-corrected chi connectivity index (χ3v) is 4.88. The lowest BCUT2D eigenvalue weighted by molar-refractivity contribution is -0.232. The van der Waals surface area contributed by atoms with Crippen molar-refractivity contribution in [3.8, 4) is 5.75 Å². The van der Waals surface area contributed by atoms with Gasteiger partial charge in [0.15, 0.2) is 0 Å². The monoisotopic (exact) mass is 352 g/mol. The van der Waals surface area contributed by atoms with Gasteiger partial charge in [-0.15, -0.1) is 0 Å². The summed E-state index contributed by atoms with van der Waals surface area (Å²) in [6.07, 6.45) is 4.43. The molecule has 0 amide bonds. The Morgan fingerprint density at radius 1 is 1.04 bits per heavy atom. The molecule has 1 saturated carbocycles. The molecule has 2 aliphatic rings. The maximum atomic E-state index is 12.5. The van der Waals surface area contributed by atoms with E-state index in [-0.39, 0.29) is 5.57 Å². The van der Waals surface area contributed by atoms with E-state index in [1.807, 2.05) is 43.3 Å². The Morgan fingerprint density at radius 3 is 2.42 bits per heavy atom. The summed E-state index contributed by atoms with van der Waals surface area (Å²) in [5, 5.41) is 1.89. The van der Waals surface area contributed by atoms with Gasteiger partial charge in [-0.2, -0.15) is 0 Å². The molecule has 1 aliphatic carbocycles. The van der Waals surface area contributed by atoms with E-state index in [2.05, 4.69) is 0 Å². The number of esters is 2. The predicted octanol–water partition coefficient (Wildman–Crippen LogP) is 3.99. The van der Waals surface area contributed by atoms with Crippen LogP contribution in [0.4, 0.5) is 0 Å². The number of carbonyl (C=O) groups is 2. The molecule has 1 heterocycles. The van der Waals surface area contributed by atoms with E-state index in [0.29, 0.717) is 30.8 Å². The number of benzene rings is 2. The zero-order valence-electron chi connectivity index (χ0n) is 14.6. The van der Waals surface area contributed by atoms with Crippen molar-refractivity contribution in [1.29, 1.82) is 0 Å². The molecule has 2 aromatic rings. The molecule has 2 fully saturated rings. The lowest BCUT2D eigenvalue weighted by Crippen LogP contribution is -2.44. The van der Waals surface area contributed by atoms with Gasteiger partial charge < -0.3 is 14.2 Å². The van der Waals surface area contributed by atoms with Gasteiger partial charge in [-0.25, -0.2) is 9.59 Å². The molecular formula is C21H20O5. The lowest BCUT2D eigenvalue weighted by atomic mass is 10.0. The molecule has 1 saturated heterocycles. The van der Waals surface area contributed by atoms with Gasteiger partial charge in [0, 0.05) is 18.4 Å². The molecule has 0 atom stereocenters. The molecule has 2 aromatic carbocycles. The quantitative estimate of drug-likeness (QED) is 0.475. The standard InChI is InChI=1S/C21H20O5/c1-2-24-18-10-9-14-7-3-4-8-15(14)16(18)13-17-19(22)25-21(26-20(17)23)11-5-6-12-21/h3-4,7-10,13H,2,5-6,11-12H2,1H3. The van der Waals surface area contributed by atoms with Crippen LogP contribution in [0.2, 0.25) is 0 Å². The van der Waals surface area contributed by atoms with E-state index in [4.69, 9.17) is 14.2 Å². The second-order valence-electron chi connectivity index (χ2n) is 6.59. The molecule has 0 N–H and O–H groups in total. The normalized spacial score (nSPS) is 18.7. The van der Waals surface area contributed by atoms with E-state index < -0.39 is 17.7 Å². The summed E-state index contributed by atoms with van der Waals surface area (Å²) in [6, 6.07) is 11.5. The Labute approximate surface area is 151 Å². The Morgan fingerprint density at radius 2 is 1.73 bits per heavy atom. The smallest absolute Gasteiger partial charge is 0.348 e. The second kappa shape index (κ2) is 6.48. The van der Waals surface area contributed by atoms with Crippen LogP contribution in [0.25, 0.3) is 16.8 Å². The second-order valence-corrected chi connectivity index (χ2v) is 6.59. The highest BCUT2D eigenvalue weighted by Crippen LogP contribution is 2.39. The first-order valence-electron chi connectivity index (χ1n) is 8.95. The molecule has 26 heavy (non-hydrogen) atoms. The fourth-order valence-electron chi connectivity index (χ4n) is 3.64. The van der Waals surface area contributed by atoms with Crippen molar-refractivity contribution in [3.05, 3.63) is 47.5 Å². The maximum absolute atomic E-state index is 12.5. The Bertz CT molecular complexity index is 884. The van der Waals surface area contributed by atoms with Gasteiger partial charge in [-0.05, 0) is 42.7 Å². The van der Waals surface area contributed by atoms with Crippen molar-refractivity contribution >= 4 is 28.8 Å². The van der Waals surface area contributed by atoms with Crippen LogP contribution in [0.3, 0.4) is 0 Å². The molecular weight excluding hydrogens is 332 g/mol. The molecule has 0 aromatic heterocycles. The molecule has 1 spiro atoms. The molecule has 5 heteroatoms. The van der Waals surface area contributed by atoms with Crippen LogP contribution < -0.4 is 4.74 Å². The lowest BCUT2D eigenvalue weighted by Gasteiger charge is -2.33. The number of hydrogen-bond acceptors (Lipinski definition) is 5. The highest BCUT2D eigenvalue weighted by molar-refractivity contribution is 6.20. The minimum absolute atomic E-state index is 0.0974. The summed E-state index contributed by atoms with van der Waals surface area (Å²) in [7, 11) is 0.